The number of hydrogen-bond acceptors (Lipinski definition) is 0. The van der Waals surface area contributed by atoms with Crippen LogP contribution in [0.1, 0.15) is 2.85 Å². The molecule has 1 radical (unpaired) electrons. The number of rotatable bonds is 0. The molecule has 0 aromatic heterocycles. The zero-order chi connectivity index (χ0) is 0. The molecular weight excluding hydrogens is 750 g/mol. The van der Waals surface area contributed by atoms with Crippen LogP contribution in [0.15, 0.2) is 0 Å². The first-order chi connectivity index (χ1) is 0. The Morgan fingerprint density at radius 3 is 0.444 bits per heavy atom. The Bertz CT molecular complexity index is 18.5. The molecule has 0 aliphatic carbocycles. The van der Waals surface area contributed by atoms with Gasteiger partial charge in [0.2, 0.25) is 0 Å². The van der Waals surface area contributed by atoms with Gasteiger partial charge in [0.25, 0.3) is 0 Å². The maximum atomic E-state index is 0. The van der Waals surface area contributed by atoms with Crippen molar-refractivity contribution in [3.05, 3.63) is 0 Å². The molecule has 0 bridgehead atoms. The molecule has 9 heavy (non-hydrogen) atoms. The van der Waals surface area contributed by atoms with Gasteiger partial charge in [-0.15, -0.1) is 102 Å². The fraction of sp³-hybridized carbons (Fsp3) is 0. The first kappa shape index (κ1) is 74.8. The summed E-state index contributed by atoms with van der Waals surface area (Å²) in [5, 5.41) is 0. The first-order valence-corrected chi connectivity index (χ1v) is 0. The van der Waals surface area contributed by atoms with Crippen LogP contribution in [0.3, 0.4) is 0 Å². The normalized spacial score (nSPS) is 0. The van der Waals surface area contributed by atoms with E-state index >= 15 is 0 Å². The molecule has 0 rings (SSSR count). The molecule has 0 saturated carbocycles. The summed E-state index contributed by atoms with van der Waals surface area (Å²) >= 11 is 0. The fourth-order valence-corrected chi connectivity index (χ4v) is 0. The summed E-state index contributed by atoms with van der Waals surface area (Å²) < 4.78 is 0. The molecule has 0 amide bonds. The van der Waals surface area contributed by atoms with E-state index in [0.717, 1.165) is 0 Å². The van der Waals surface area contributed by atoms with Crippen molar-refractivity contribution < 1.29 is 126 Å². The van der Waals surface area contributed by atoms with E-state index < -0.39 is 0 Å². The Labute approximate surface area is 221 Å². The second-order valence-electron chi connectivity index (χ2n) is 0. The van der Waals surface area contributed by atoms with Gasteiger partial charge < -0.3 is 2.85 Å². The Morgan fingerprint density at radius 2 is 0.444 bits per heavy atom. The zero-order valence-corrected chi connectivity index (χ0v) is 23.7. The monoisotopic (exact) mass is 752 g/mol. The van der Waals surface area contributed by atoms with Gasteiger partial charge in [0.15, 0.2) is 0 Å². The van der Waals surface area contributed by atoms with E-state index in [4.69, 9.17) is 0 Å². The maximum Gasteiger partial charge on any atom is 1.00 e. The van der Waals surface area contributed by atoms with Crippen molar-refractivity contribution in [1.82, 2.24) is 0 Å². The molecule has 0 atom stereocenters. The van der Waals surface area contributed by atoms with Crippen molar-refractivity contribution in [2.45, 2.75) is 0 Å². The van der Waals surface area contributed by atoms with Crippen molar-refractivity contribution >= 4 is 102 Å². The molecule has 0 saturated heterocycles. The third kappa shape index (κ3) is 52.4. The molecule has 0 N–H and O–H groups in total. The summed E-state index contributed by atoms with van der Waals surface area (Å²) in [7, 11) is 0. The van der Waals surface area contributed by atoms with E-state index in [-0.39, 0.29) is 228 Å². The third-order valence-corrected chi connectivity index (χ3v) is 0. The van der Waals surface area contributed by atoms with Gasteiger partial charge in [0.1, 0.15) is 0 Å². The van der Waals surface area contributed by atoms with Crippen LogP contribution in [-0.4, -0.2) is 0 Å². The van der Waals surface area contributed by atoms with E-state index in [1.54, 1.807) is 0 Å². The molecule has 0 spiro atoms. The summed E-state index contributed by atoms with van der Waals surface area (Å²) in [5.41, 5.74) is 0. The summed E-state index contributed by atoms with van der Waals surface area (Å²) in [6.45, 7) is 0. The number of hydrogen-bond donors (Lipinski definition) is 0. The van der Waals surface area contributed by atoms with Crippen LogP contribution in [-0.2, 0) is 20.1 Å². The van der Waals surface area contributed by atoms with Crippen LogP contribution in [0, 0.1) is 0 Å². The van der Waals surface area contributed by atoms with E-state index in [1.807, 2.05) is 0 Å². The Morgan fingerprint density at radius 1 is 0.444 bits per heavy atom. The molecule has 0 unspecified atom stereocenters. The first-order valence-electron chi connectivity index (χ1n) is 0. The molecule has 61 valence electrons. The number of halogens is 6. The quantitative estimate of drug-likeness (QED) is 0.245. The van der Waals surface area contributed by atoms with Crippen molar-refractivity contribution in [2.75, 3.05) is 0 Å². The van der Waals surface area contributed by atoms with Crippen molar-refractivity contribution in [2.24, 2.45) is 0 Å². The molecule has 0 aliphatic heterocycles. The molecule has 0 heterocycles. The second kappa shape index (κ2) is 60.9. The molecule has 9 heteroatoms. The molecule has 0 aromatic carbocycles. The van der Waals surface area contributed by atoms with Crippen LogP contribution in [0.4, 0.5) is 0 Å². The zero-order valence-electron chi connectivity index (χ0n) is 6.78. The summed E-state index contributed by atoms with van der Waals surface area (Å²) in [4.78, 5) is 0. The molecule has 0 fully saturated rings. The molecule has 0 aliphatic rings. The van der Waals surface area contributed by atoms with E-state index in [2.05, 4.69) is 0 Å². The van der Waals surface area contributed by atoms with Gasteiger partial charge in [0.05, 0.1) is 0 Å². The topological polar surface area (TPSA) is 0 Å². The predicted octanol–water partition coefficient (Wildman–Crippen LogP) is -2.30. The SMILES string of the molecule is Br.Br.Br.Br.Br.Br.[H-].[H-].[Ir].[K+].[K+]. The maximum absolute atomic E-state index is 0. The fourth-order valence-electron chi connectivity index (χ4n) is 0. The summed E-state index contributed by atoms with van der Waals surface area (Å²) in [6.07, 6.45) is 0. The Hall–Kier alpha value is 6.80. The van der Waals surface area contributed by atoms with Gasteiger partial charge in [-0.25, -0.2) is 0 Å². The average molecular weight is 758 g/mol. The van der Waals surface area contributed by atoms with Crippen LogP contribution >= 0.6 is 102 Å². The van der Waals surface area contributed by atoms with Gasteiger partial charge >= 0.3 is 103 Å². The van der Waals surface area contributed by atoms with E-state index in [0.29, 0.717) is 0 Å². The molecule has 0 nitrogen and oxygen atoms in total. The summed E-state index contributed by atoms with van der Waals surface area (Å²) in [6, 6.07) is 0. The van der Waals surface area contributed by atoms with Crippen molar-refractivity contribution in [1.29, 1.82) is 0 Å². The minimum absolute atomic E-state index is 0. The standard InChI is InChI=1S/6BrH.Ir.2K.2H/h6*1H;;;;;/q;;;;;;;2*+1;2*-1. The second-order valence-corrected chi connectivity index (χ2v) is 0. The van der Waals surface area contributed by atoms with Gasteiger partial charge in [-0.2, -0.15) is 0 Å². The van der Waals surface area contributed by atoms with Crippen LogP contribution in [0.5, 0.6) is 0 Å². The van der Waals surface area contributed by atoms with E-state index in [9.17, 15) is 0 Å². The Balaban J connectivity index is 0. The average Bonchev–Trinajstić information content (AvgIpc) is 0. The van der Waals surface area contributed by atoms with Gasteiger partial charge in [-0.1, -0.05) is 0 Å². The molecular formula is H8Br6IrK2. The minimum atomic E-state index is 0. The van der Waals surface area contributed by atoms with Crippen LogP contribution < -0.4 is 103 Å². The van der Waals surface area contributed by atoms with Gasteiger partial charge in [-0.3, -0.25) is 0 Å². The third-order valence-electron chi connectivity index (χ3n) is 0. The van der Waals surface area contributed by atoms with Gasteiger partial charge in [0, 0.05) is 20.1 Å². The van der Waals surface area contributed by atoms with Crippen LogP contribution in [0.25, 0.3) is 0 Å². The molecule has 0 aromatic rings. The Kier molecular flexibility index (Phi) is 507. The smallest absolute Gasteiger partial charge is 1.00 e. The van der Waals surface area contributed by atoms with E-state index in [1.165, 1.54) is 0 Å². The van der Waals surface area contributed by atoms with Crippen molar-refractivity contribution in [3.8, 4) is 0 Å². The summed E-state index contributed by atoms with van der Waals surface area (Å²) in [5.74, 6) is 0. The van der Waals surface area contributed by atoms with Crippen molar-refractivity contribution in [3.63, 3.8) is 0 Å². The van der Waals surface area contributed by atoms with Gasteiger partial charge in [-0.05, 0) is 0 Å². The minimum Gasteiger partial charge on any atom is -1.00 e. The largest absolute Gasteiger partial charge is 1.00 e. The van der Waals surface area contributed by atoms with Crippen LogP contribution in [0.2, 0.25) is 0 Å². The predicted molar refractivity (Wildman–Crippen MR) is 64.2 cm³/mol.